The first-order valence-electron chi connectivity index (χ1n) is 5.48. The van der Waals surface area contributed by atoms with Gasteiger partial charge < -0.3 is 9.75 Å². The average molecular weight is 247 g/mol. The minimum Gasteiger partial charge on any atom is -0.485 e. The molecule has 5 heteroatoms. The summed E-state index contributed by atoms with van der Waals surface area (Å²) in [6.07, 6.45) is 0. The summed E-state index contributed by atoms with van der Waals surface area (Å²) in [5, 5.41) is 1.47. The van der Waals surface area contributed by atoms with E-state index in [9.17, 15) is 4.39 Å². The predicted molar refractivity (Wildman–Crippen MR) is 67.6 cm³/mol. The van der Waals surface area contributed by atoms with E-state index in [4.69, 9.17) is 10.6 Å². The molecular formula is C13H14FN3O. The van der Waals surface area contributed by atoms with Gasteiger partial charge in [0.1, 0.15) is 12.4 Å². The van der Waals surface area contributed by atoms with Crippen LogP contribution in [-0.2, 0) is 6.61 Å². The second-order valence-electron chi connectivity index (χ2n) is 3.82. The summed E-state index contributed by atoms with van der Waals surface area (Å²) in [5.74, 6) is 5.80. The number of halogens is 1. The lowest BCUT2D eigenvalue weighted by atomic mass is 10.3. The molecule has 1 aromatic carbocycles. The Labute approximate surface area is 105 Å². The van der Waals surface area contributed by atoms with Crippen molar-refractivity contribution in [3.05, 3.63) is 54.1 Å². The Morgan fingerprint density at radius 2 is 2.00 bits per heavy atom. The highest BCUT2D eigenvalue weighted by Crippen LogP contribution is 2.25. The number of ether oxygens (including phenoxy) is 1. The molecule has 0 fully saturated rings. The van der Waals surface area contributed by atoms with E-state index < -0.39 is 5.95 Å². The molecule has 1 heterocycles. The number of benzene rings is 1. The maximum atomic E-state index is 12.9. The Balaban J connectivity index is 2.11. The highest BCUT2D eigenvalue weighted by Gasteiger charge is 2.06. The second kappa shape index (κ2) is 5.46. The van der Waals surface area contributed by atoms with Gasteiger partial charge in [0, 0.05) is 7.05 Å². The molecule has 4 nitrogen and oxygen atoms in total. The van der Waals surface area contributed by atoms with Gasteiger partial charge in [0.2, 0.25) is 5.95 Å². The van der Waals surface area contributed by atoms with Crippen LogP contribution in [0.2, 0.25) is 0 Å². The zero-order valence-corrected chi connectivity index (χ0v) is 10.0. The lowest BCUT2D eigenvalue weighted by Crippen LogP contribution is -2.25. The maximum Gasteiger partial charge on any atom is 0.213 e. The largest absolute Gasteiger partial charge is 0.485 e. The van der Waals surface area contributed by atoms with E-state index in [1.807, 2.05) is 18.2 Å². The number of hydrazine groups is 1. The first-order valence-corrected chi connectivity index (χ1v) is 5.48. The summed E-state index contributed by atoms with van der Waals surface area (Å²) in [4.78, 5) is 3.73. The number of nitrogens with zero attached hydrogens (tertiary/aromatic N) is 2. The van der Waals surface area contributed by atoms with Crippen molar-refractivity contribution in [3.63, 3.8) is 0 Å². The highest BCUT2D eigenvalue weighted by atomic mass is 19.1. The molecule has 0 radical (unpaired) electrons. The van der Waals surface area contributed by atoms with Crippen molar-refractivity contribution in [2.45, 2.75) is 6.61 Å². The summed E-state index contributed by atoms with van der Waals surface area (Å²) >= 11 is 0. The van der Waals surface area contributed by atoms with Crippen molar-refractivity contribution in [3.8, 4) is 5.75 Å². The number of hydrogen-bond donors (Lipinski definition) is 1. The number of anilines is 1. The van der Waals surface area contributed by atoms with E-state index in [1.165, 1.54) is 11.1 Å². The Bertz CT molecular complexity index is 531. The van der Waals surface area contributed by atoms with Crippen LogP contribution in [0.5, 0.6) is 5.75 Å². The van der Waals surface area contributed by atoms with Gasteiger partial charge in [0.25, 0.3) is 0 Å². The van der Waals surface area contributed by atoms with Crippen molar-refractivity contribution in [2.24, 2.45) is 5.84 Å². The molecule has 0 saturated carbocycles. The molecule has 0 aliphatic carbocycles. The number of aromatic nitrogens is 1. The van der Waals surface area contributed by atoms with Crippen LogP contribution in [0.25, 0.3) is 0 Å². The number of nitrogens with two attached hydrogens (primary N) is 1. The molecule has 0 atom stereocenters. The lowest BCUT2D eigenvalue weighted by Gasteiger charge is -2.16. The van der Waals surface area contributed by atoms with Gasteiger partial charge >= 0.3 is 0 Å². The van der Waals surface area contributed by atoms with Crippen LogP contribution < -0.4 is 15.6 Å². The van der Waals surface area contributed by atoms with Gasteiger partial charge in [0.15, 0.2) is 0 Å². The number of hydrogen-bond acceptors (Lipinski definition) is 4. The van der Waals surface area contributed by atoms with Gasteiger partial charge in [-0.05, 0) is 24.3 Å². The van der Waals surface area contributed by atoms with E-state index in [2.05, 4.69) is 4.98 Å². The van der Waals surface area contributed by atoms with E-state index in [-0.39, 0.29) is 6.61 Å². The van der Waals surface area contributed by atoms with E-state index in [0.717, 1.165) is 5.69 Å². The molecule has 18 heavy (non-hydrogen) atoms. The molecule has 0 unspecified atom stereocenters. The summed E-state index contributed by atoms with van der Waals surface area (Å²) in [5.41, 5.74) is 1.29. The van der Waals surface area contributed by atoms with Gasteiger partial charge in [-0.2, -0.15) is 4.39 Å². The standard InChI is InChI=1S/C13H14FN3O/c1-17(15)11-6-2-3-7-12(11)18-9-10-5-4-8-13(14)16-10/h2-8H,9,15H2,1H3. The third-order valence-electron chi connectivity index (χ3n) is 2.39. The lowest BCUT2D eigenvalue weighted by molar-refractivity contribution is 0.300. The molecule has 2 rings (SSSR count). The van der Waals surface area contributed by atoms with Crippen LogP contribution in [0.4, 0.5) is 10.1 Å². The van der Waals surface area contributed by atoms with E-state index >= 15 is 0 Å². The molecule has 0 bridgehead atoms. The minimum atomic E-state index is -0.514. The van der Waals surface area contributed by atoms with E-state index in [0.29, 0.717) is 11.4 Å². The van der Waals surface area contributed by atoms with Crippen LogP contribution in [0.15, 0.2) is 42.5 Å². The molecule has 0 aliphatic rings. The molecule has 0 aliphatic heterocycles. The average Bonchev–Trinajstić information content (AvgIpc) is 2.37. The molecule has 2 N–H and O–H groups in total. The van der Waals surface area contributed by atoms with Gasteiger partial charge in [-0.25, -0.2) is 10.8 Å². The normalized spacial score (nSPS) is 10.2. The molecule has 94 valence electrons. The zero-order valence-electron chi connectivity index (χ0n) is 10.0. The van der Waals surface area contributed by atoms with Crippen molar-refractivity contribution >= 4 is 5.69 Å². The van der Waals surface area contributed by atoms with Crippen molar-refractivity contribution in [1.29, 1.82) is 0 Å². The van der Waals surface area contributed by atoms with Crippen LogP contribution >= 0.6 is 0 Å². The fraction of sp³-hybridized carbons (Fsp3) is 0.154. The molecule has 0 amide bonds. The summed E-state index contributed by atoms with van der Waals surface area (Å²) in [6.45, 7) is 0.197. The van der Waals surface area contributed by atoms with E-state index in [1.54, 1.807) is 25.2 Å². The van der Waals surface area contributed by atoms with Crippen molar-refractivity contribution < 1.29 is 9.13 Å². The summed E-state index contributed by atoms with van der Waals surface area (Å²) in [6, 6.07) is 12.0. The zero-order chi connectivity index (χ0) is 13.0. The third-order valence-corrected chi connectivity index (χ3v) is 2.39. The quantitative estimate of drug-likeness (QED) is 0.510. The van der Waals surface area contributed by atoms with Crippen LogP contribution in [0, 0.1) is 5.95 Å². The fourth-order valence-electron chi connectivity index (χ4n) is 1.55. The van der Waals surface area contributed by atoms with Crippen LogP contribution in [0.1, 0.15) is 5.69 Å². The first kappa shape index (κ1) is 12.3. The molecule has 0 saturated heterocycles. The third kappa shape index (κ3) is 2.95. The van der Waals surface area contributed by atoms with Gasteiger partial charge in [-0.1, -0.05) is 18.2 Å². The fourth-order valence-corrected chi connectivity index (χ4v) is 1.55. The van der Waals surface area contributed by atoms with Gasteiger partial charge in [-0.15, -0.1) is 0 Å². The van der Waals surface area contributed by atoms with Crippen LogP contribution in [-0.4, -0.2) is 12.0 Å². The van der Waals surface area contributed by atoms with Crippen molar-refractivity contribution in [2.75, 3.05) is 12.1 Å². The second-order valence-corrected chi connectivity index (χ2v) is 3.82. The monoisotopic (exact) mass is 247 g/mol. The topological polar surface area (TPSA) is 51.4 Å². The number of para-hydroxylation sites is 2. The molecule has 1 aromatic heterocycles. The summed E-state index contributed by atoms with van der Waals surface area (Å²) < 4.78 is 18.5. The number of rotatable bonds is 4. The molecule has 2 aromatic rings. The van der Waals surface area contributed by atoms with Gasteiger partial charge in [0.05, 0.1) is 11.4 Å². The smallest absolute Gasteiger partial charge is 0.213 e. The highest BCUT2D eigenvalue weighted by molar-refractivity contribution is 5.56. The predicted octanol–water partition coefficient (Wildman–Crippen LogP) is 2.11. The number of pyridine rings is 1. The Morgan fingerprint density at radius 3 is 2.72 bits per heavy atom. The minimum absolute atomic E-state index is 0.197. The Hall–Kier alpha value is -2.14. The Kier molecular flexibility index (Phi) is 3.74. The molecule has 0 spiro atoms. The van der Waals surface area contributed by atoms with Gasteiger partial charge in [-0.3, -0.25) is 0 Å². The maximum absolute atomic E-state index is 12.9. The summed E-state index contributed by atoms with van der Waals surface area (Å²) in [7, 11) is 1.72. The SMILES string of the molecule is CN(N)c1ccccc1OCc1cccc(F)n1. The molecular weight excluding hydrogens is 233 g/mol. The van der Waals surface area contributed by atoms with Crippen molar-refractivity contribution in [1.82, 2.24) is 4.98 Å². The van der Waals surface area contributed by atoms with Crippen LogP contribution in [0.3, 0.4) is 0 Å². The first-order chi connectivity index (χ1) is 8.66. The Morgan fingerprint density at radius 1 is 1.22 bits per heavy atom.